The Kier molecular flexibility index (Phi) is 6.55. The van der Waals surface area contributed by atoms with Gasteiger partial charge in [-0.15, -0.1) is 0 Å². The molecular weight excluding hydrogens is 464 g/mol. The average Bonchev–Trinajstić information content (AvgIpc) is 3.46. The SMILES string of the molecule is CC(C)NC(=O)[C@@H]1CCCN(c2nc3ncn(CC(=O)N[C@@H]4CCc5ccccc54)c(=O)c3s2)C1. The lowest BCUT2D eigenvalue weighted by molar-refractivity contribution is -0.125. The number of benzene rings is 1. The molecule has 35 heavy (non-hydrogen) atoms. The highest BCUT2D eigenvalue weighted by atomic mass is 32.1. The summed E-state index contributed by atoms with van der Waals surface area (Å²) in [4.78, 5) is 49.3. The number of rotatable bonds is 6. The van der Waals surface area contributed by atoms with Crippen LogP contribution in [0, 0.1) is 5.92 Å². The first kappa shape index (κ1) is 23.5. The Morgan fingerprint density at radius 2 is 2.06 bits per heavy atom. The monoisotopic (exact) mass is 494 g/mol. The number of piperidine rings is 1. The maximum absolute atomic E-state index is 13.1. The van der Waals surface area contributed by atoms with Gasteiger partial charge >= 0.3 is 0 Å². The minimum absolute atomic E-state index is 0.0268. The highest BCUT2D eigenvalue weighted by Crippen LogP contribution is 2.31. The van der Waals surface area contributed by atoms with Gasteiger partial charge in [-0.1, -0.05) is 35.6 Å². The Hall–Kier alpha value is -3.27. The van der Waals surface area contributed by atoms with E-state index in [-0.39, 0.29) is 41.9 Å². The molecule has 5 rings (SSSR count). The summed E-state index contributed by atoms with van der Waals surface area (Å²) in [5.74, 6) is -0.260. The number of thiazole rings is 1. The Bertz CT molecular complexity index is 1320. The van der Waals surface area contributed by atoms with Gasteiger partial charge in [0.25, 0.3) is 5.56 Å². The van der Waals surface area contributed by atoms with E-state index in [0.717, 1.165) is 37.8 Å². The zero-order valence-corrected chi connectivity index (χ0v) is 20.8. The van der Waals surface area contributed by atoms with Crippen molar-refractivity contribution >= 4 is 38.6 Å². The molecule has 1 aromatic carbocycles. The molecule has 2 atom stereocenters. The number of fused-ring (bicyclic) bond motifs is 2. The van der Waals surface area contributed by atoms with Crippen LogP contribution in [-0.4, -0.2) is 45.5 Å². The fourth-order valence-electron chi connectivity index (χ4n) is 4.95. The number of carbonyl (C=O) groups excluding carboxylic acids is 2. The molecule has 2 aromatic heterocycles. The van der Waals surface area contributed by atoms with E-state index in [1.165, 1.54) is 27.8 Å². The van der Waals surface area contributed by atoms with Crippen LogP contribution >= 0.6 is 11.3 Å². The molecule has 184 valence electrons. The minimum atomic E-state index is -0.271. The number of aryl methyl sites for hydroxylation is 1. The second kappa shape index (κ2) is 9.77. The van der Waals surface area contributed by atoms with Crippen molar-refractivity contribution in [3.63, 3.8) is 0 Å². The number of nitrogens with zero attached hydrogens (tertiary/aromatic N) is 4. The molecule has 2 aliphatic rings. The normalized spacial score (nSPS) is 19.7. The van der Waals surface area contributed by atoms with Crippen LogP contribution in [0.3, 0.4) is 0 Å². The summed E-state index contributed by atoms with van der Waals surface area (Å²) in [6, 6.07) is 8.20. The summed E-state index contributed by atoms with van der Waals surface area (Å²) in [6.45, 7) is 5.17. The molecule has 0 saturated carbocycles. The molecule has 3 heterocycles. The molecule has 0 spiro atoms. The highest BCUT2D eigenvalue weighted by molar-refractivity contribution is 7.22. The van der Waals surface area contributed by atoms with E-state index >= 15 is 0 Å². The molecule has 1 aliphatic heterocycles. The van der Waals surface area contributed by atoms with E-state index in [9.17, 15) is 14.4 Å². The fourth-order valence-corrected chi connectivity index (χ4v) is 5.96. The van der Waals surface area contributed by atoms with Gasteiger partial charge in [0, 0.05) is 19.1 Å². The molecule has 0 radical (unpaired) electrons. The summed E-state index contributed by atoms with van der Waals surface area (Å²) in [5.41, 5.74) is 2.52. The van der Waals surface area contributed by atoms with Crippen LogP contribution < -0.4 is 21.1 Å². The molecule has 9 nitrogen and oxygen atoms in total. The van der Waals surface area contributed by atoms with E-state index in [2.05, 4.69) is 31.6 Å². The van der Waals surface area contributed by atoms with Crippen LogP contribution in [0.5, 0.6) is 0 Å². The van der Waals surface area contributed by atoms with Crippen molar-refractivity contribution in [1.29, 1.82) is 0 Å². The van der Waals surface area contributed by atoms with Crippen molar-refractivity contribution in [2.45, 2.75) is 58.2 Å². The molecular formula is C25H30N6O3S. The minimum Gasteiger partial charge on any atom is -0.354 e. The fraction of sp³-hybridized carbons (Fsp3) is 0.480. The predicted octanol–water partition coefficient (Wildman–Crippen LogP) is 2.40. The first-order chi connectivity index (χ1) is 16.9. The van der Waals surface area contributed by atoms with Crippen LogP contribution in [0.25, 0.3) is 10.3 Å². The molecule has 3 aromatic rings. The Morgan fingerprint density at radius 1 is 1.23 bits per heavy atom. The van der Waals surface area contributed by atoms with Gasteiger partial charge in [0.15, 0.2) is 10.8 Å². The molecule has 2 amide bonds. The Balaban J connectivity index is 1.29. The second-order valence-electron chi connectivity index (χ2n) is 9.63. The van der Waals surface area contributed by atoms with Gasteiger partial charge in [0.05, 0.1) is 12.0 Å². The summed E-state index contributed by atoms with van der Waals surface area (Å²) in [7, 11) is 0. The number of hydrogen-bond donors (Lipinski definition) is 2. The standard InChI is InChI=1S/C25H30N6O3S/c1-15(2)27-23(33)17-7-5-11-30(12-17)25-29-22-21(35-25)24(34)31(14-26-22)13-20(32)28-19-10-9-16-6-3-4-8-18(16)19/h3-4,6,8,14-15,17,19H,5,7,9-13H2,1-2H3,(H,27,33)(H,28,32)/t17-,19-/m1/s1. The summed E-state index contributed by atoms with van der Waals surface area (Å²) in [6.07, 6.45) is 4.92. The van der Waals surface area contributed by atoms with Gasteiger partial charge in [-0.05, 0) is 50.7 Å². The highest BCUT2D eigenvalue weighted by Gasteiger charge is 2.28. The molecule has 1 fully saturated rings. The maximum Gasteiger partial charge on any atom is 0.273 e. The summed E-state index contributed by atoms with van der Waals surface area (Å²) >= 11 is 1.28. The first-order valence-electron chi connectivity index (χ1n) is 12.2. The smallest absolute Gasteiger partial charge is 0.273 e. The van der Waals surface area contributed by atoms with Gasteiger partial charge in [0.2, 0.25) is 11.8 Å². The number of nitrogens with one attached hydrogen (secondary N) is 2. The van der Waals surface area contributed by atoms with Gasteiger partial charge < -0.3 is 15.5 Å². The lowest BCUT2D eigenvalue weighted by Crippen LogP contribution is -2.44. The molecule has 1 saturated heterocycles. The van der Waals surface area contributed by atoms with E-state index in [1.54, 1.807) is 0 Å². The Labute approximate surface area is 207 Å². The van der Waals surface area contributed by atoms with Crippen LogP contribution in [0.1, 0.15) is 50.3 Å². The van der Waals surface area contributed by atoms with Crippen LogP contribution in [-0.2, 0) is 22.6 Å². The lowest BCUT2D eigenvalue weighted by Gasteiger charge is -2.32. The molecule has 0 unspecified atom stereocenters. The van der Waals surface area contributed by atoms with Crippen LogP contribution in [0.4, 0.5) is 5.13 Å². The van der Waals surface area contributed by atoms with Crippen molar-refractivity contribution in [3.05, 3.63) is 52.1 Å². The predicted molar refractivity (Wildman–Crippen MR) is 136 cm³/mol. The number of carbonyl (C=O) groups is 2. The van der Waals surface area contributed by atoms with Crippen LogP contribution in [0.2, 0.25) is 0 Å². The van der Waals surface area contributed by atoms with Crippen molar-refractivity contribution in [2.75, 3.05) is 18.0 Å². The van der Waals surface area contributed by atoms with E-state index in [0.29, 0.717) is 22.0 Å². The molecule has 2 N–H and O–H groups in total. The third-order valence-electron chi connectivity index (χ3n) is 6.65. The van der Waals surface area contributed by atoms with Gasteiger partial charge in [-0.3, -0.25) is 19.0 Å². The van der Waals surface area contributed by atoms with E-state index in [4.69, 9.17) is 0 Å². The molecule has 1 aliphatic carbocycles. The van der Waals surface area contributed by atoms with E-state index < -0.39 is 0 Å². The zero-order chi connectivity index (χ0) is 24.5. The Morgan fingerprint density at radius 3 is 2.89 bits per heavy atom. The quantitative estimate of drug-likeness (QED) is 0.545. The van der Waals surface area contributed by atoms with Crippen molar-refractivity contribution < 1.29 is 9.59 Å². The number of anilines is 1. The van der Waals surface area contributed by atoms with Gasteiger partial charge in [0.1, 0.15) is 17.6 Å². The van der Waals surface area contributed by atoms with Gasteiger partial charge in [-0.2, -0.15) is 4.98 Å². The topological polar surface area (TPSA) is 109 Å². The number of aromatic nitrogens is 3. The van der Waals surface area contributed by atoms with Crippen molar-refractivity contribution in [3.8, 4) is 0 Å². The number of amides is 2. The largest absolute Gasteiger partial charge is 0.354 e. The number of hydrogen-bond acceptors (Lipinski definition) is 7. The van der Waals surface area contributed by atoms with Crippen molar-refractivity contribution in [1.82, 2.24) is 25.2 Å². The third kappa shape index (κ3) is 4.93. The summed E-state index contributed by atoms with van der Waals surface area (Å²) in [5, 5.41) is 6.74. The molecule has 0 bridgehead atoms. The van der Waals surface area contributed by atoms with Gasteiger partial charge in [-0.25, -0.2) is 4.98 Å². The third-order valence-corrected chi connectivity index (χ3v) is 7.74. The lowest BCUT2D eigenvalue weighted by atomic mass is 9.97. The zero-order valence-electron chi connectivity index (χ0n) is 20.0. The van der Waals surface area contributed by atoms with Crippen molar-refractivity contribution in [2.24, 2.45) is 5.92 Å². The maximum atomic E-state index is 13.1. The second-order valence-corrected chi connectivity index (χ2v) is 10.6. The first-order valence-corrected chi connectivity index (χ1v) is 13.0. The van der Waals surface area contributed by atoms with E-state index in [1.807, 2.05) is 32.0 Å². The molecule has 10 heteroatoms. The summed E-state index contributed by atoms with van der Waals surface area (Å²) < 4.78 is 1.77. The van der Waals surface area contributed by atoms with Crippen LogP contribution in [0.15, 0.2) is 35.4 Å². The average molecular weight is 495 g/mol.